The average Bonchev–Trinajstić information content (AvgIpc) is 3.44. The first-order valence-corrected chi connectivity index (χ1v) is 11.4. The minimum absolute atomic E-state index is 0.322. The third kappa shape index (κ3) is 3.42. The molecule has 0 bridgehead atoms. The molecule has 1 aliphatic heterocycles. The maximum absolute atomic E-state index is 12.2. The monoisotopic (exact) mass is 453 g/mol. The summed E-state index contributed by atoms with van der Waals surface area (Å²) in [6.45, 7) is 1.18. The normalized spacial score (nSPS) is 15.4. The van der Waals surface area contributed by atoms with E-state index in [0.717, 1.165) is 32.1 Å². The highest BCUT2D eigenvalue weighted by Crippen LogP contribution is 2.35. The van der Waals surface area contributed by atoms with Crippen molar-refractivity contribution in [2.45, 2.75) is 6.54 Å². The van der Waals surface area contributed by atoms with E-state index in [0.29, 0.717) is 41.1 Å². The number of aromatic nitrogens is 2. The second-order valence-electron chi connectivity index (χ2n) is 8.17. The van der Waals surface area contributed by atoms with Gasteiger partial charge in [-0.15, -0.1) is 11.3 Å². The molecule has 4 heterocycles. The van der Waals surface area contributed by atoms with Crippen LogP contribution in [0, 0.1) is 0 Å². The van der Waals surface area contributed by atoms with Gasteiger partial charge in [-0.25, -0.2) is 14.8 Å². The number of hydrogen-bond acceptors (Lipinski definition) is 6. The molecule has 0 atom stereocenters. The molecular formula is C26H19N3O3S. The number of furan rings is 1. The number of hydrogen-bond donors (Lipinski definition) is 1. The molecule has 0 saturated carbocycles. The molecule has 162 valence electrons. The number of pyridine rings is 1. The molecule has 1 N–H and O–H groups in total. The first-order chi connectivity index (χ1) is 16.1. The lowest BCUT2D eigenvalue weighted by molar-refractivity contribution is 0.0696. The molecule has 7 heteroatoms. The number of nitrogens with zero attached hydrogens (tertiary/aromatic N) is 3. The van der Waals surface area contributed by atoms with E-state index in [-0.39, 0.29) is 0 Å². The molecule has 3 aromatic heterocycles. The molecule has 2 aromatic carbocycles. The highest BCUT2D eigenvalue weighted by Gasteiger charge is 2.27. The minimum Gasteiger partial charge on any atom is -0.478 e. The van der Waals surface area contributed by atoms with Crippen LogP contribution in [0.1, 0.15) is 27.4 Å². The van der Waals surface area contributed by atoms with Gasteiger partial charge < -0.3 is 9.52 Å². The van der Waals surface area contributed by atoms with Gasteiger partial charge in [0.15, 0.2) is 10.8 Å². The fourth-order valence-electron chi connectivity index (χ4n) is 4.42. The van der Waals surface area contributed by atoms with E-state index in [4.69, 9.17) is 9.40 Å². The van der Waals surface area contributed by atoms with Crippen molar-refractivity contribution < 1.29 is 14.3 Å². The zero-order valence-corrected chi connectivity index (χ0v) is 18.6. The van der Waals surface area contributed by atoms with Crippen molar-refractivity contribution in [1.29, 1.82) is 0 Å². The zero-order chi connectivity index (χ0) is 22.5. The average molecular weight is 454 g/mol. The summed E-state index contributed by atoms with van der Waals surface area (Å²) in [6, 6.07) is 19.3. The smallest absolute Gasteiger partial charge is 0.336 e. The van der Waals surface area contributed by atoms with Crippen molar-refractivity contribution >= 4 is 50.1 Å². The Kier molecular flexibility index (Phi) is 4.60. The van der Waals surface area contributed by atoms with E-state index < -0.39 is 5.97 Å². The molecule has 1 aliphatic rings. The van der Waals surface area contributed by atoms with Gasteiger partial charge >= 0.3 is 5.97 Å². The van der Waals surface area contributed by atoms with Gasteiger partial charge in [0.05, 0.1) is 27.0 Å². The summed E-state index contributed by atoms with van der Waals surface area (Å²) < 4.78 is 7.24. The molecule has 0 fully saturated rings. The Labute approximate surface area is 193 Å². The van der Waals surface area contributed by atoms with Crippen LogP contribution in [-0.2, 0) is 6.54 Å². The second-order valence-corrected chi connectivity index (χ2v) is 9.20. The second kappa shape index (κ2) is 7.65. The Morgan fingerprint density at radius 1 is 1.03 bits per heavy atom. The Hall–Kier alpha value is -3.81. The number of carboxylic acids is 1. The first-order valence-electron chi connectivity index (χ1n) is 10.6. The Bertz CT molecular complexity index is 1550. The lowest BCUT2D eigenvalue weighted by Gasteiger charge is -2.28. The standard InChI is InChI=1S/C26H19N3O3S/c1-29-13-15(24-18(14-29)23(26(30)31)17-6-2-3-7-19(17)27-24)12-16-10-11-21(32-16)25-28-20-8-4-5-9-22(20)33-25/h2-12H,13-14H2,1H3,(H,30,31). The van der Waals surface area contributed by atoms with E-state index in [9.17, 15) is 9.90 Å². The number of thiazole rings is 1. The lowest BCUT2D eigenvalue weighted by Crippen LogP contribution is -2.28. The van der Waals surface area contributed by atoms with Gasteiger partial charge in [-0.2, -0.15) is 0 Å². The van der Waals surface area contributed by atoms with Crippen LogP contribution in [0.15, 0.2) is 65.1 Å². The fraction of sp³-hybridized carbons (Fsp3) is 0.115. The Balaban J connectivity index is 1.46. The van der Waals surface area contributed by atoms with Crippen LogP contribution in [0.5, 0.6) is 0 Å². The number of aromatic carboxylic acids is 1. The zero-order valence-electron chi connectivity index (χ0n) is 17.8. The molecule has 6 nitrogen and oxygen atoms in total. The number of fused-ring (bicyclic) bond motifs is 3. The molecule has 0 saturated heterocycles. The summed E-state index contributed by atoms with van der Waals surface area (Å²) in [7, 11) is 1.98. The van der Waals surface area contributed by atoms with Crippen molar-refractivity contribution in [3.63, 3.8) is 0 Å². The highest BCUT2D eigenvalue weighted by molar-refractivity contribution is 7.21. The van der Waals surface area contributed by atoms with Crippen molar-refractivity contribution in [3.8, 4) is 10.8 Å². The summed E-state index contributed by atoms with van der Waals surface area (Å²) >= 11 is 1.59. The maximum atomic E-state index is 12.2. The molecule has 0 aliphatic carbocycles. The Morgan fingerprint density at radius 3 is 2.64 bits per heavy atom. The van der Waals surface area contributed by atoms with Gasteiger partial charge in [-0.05, 0) is 49.0 Å². The van der Waals surface area contributed by atoms with Crippen LogP contribution >= 0.6 is 11.3 Å². The summed E-state index contributed by atoms with van der Waals surface area (Å²) in [4.78, 5) is 23.8. The van der Waals surface area contributed by atoms with Crippen LogP contribution in [-0.4, -0.2) is 39.5 Å². The van der Waals surface area contributed by atoms with E-state index in [1.807, 2.05) is 73.8 Å². The topological polar surface area (TPSA) is 79.5 Å². The third-order valence-electron chi connectivity index (χ3n) is 5.83. The van der Waals surface area contributed by atoms with Crippen molar-refractivity contribution in [2.24, 2.45) is 0 Å². The van der Waals surface area contributed by atoms with Crippen molar-refractivity contribution in [3.05, 3.63) is 83.2 Å². The summed E-state index contributed by atoms with van der Waals surface area (Å²) in [5, 5.41) is 11.5. The number of carbonyl (C=O) groups is 1. The van der Waals surface area contributed by atoms with Crippen molar-refractivity contribution in [1.82, 2.24) is 14.9 Å². The van der Waals surface area contributed by atoms with Gasteiger partial charge in [0, 0.05) is 24.0 Å². The predicted molar refractivity (Wildman–Crippen MR) is 130 cm³/mol. The summed E-state index contributed by atoms with van der Waals surface area (Å²) in [5.74, 6) is 0.466. The van der Waals surface area contributed by atoms with Crippen LogP contribution in [0.4, 0.5) is 0 Å². The molecule has 33 heavy (non-hydrogen) atoms. The number of likely N-dealkylation sites (N-methyl/N-ethyl adjacent to an activating group) is 1. The molecule has 5 aromatic rings. The minimum atomic E-state index is -0.935. The number of para-hydroxylation sites is 2. The quantitative estimate of drug-likeness (QED) is 0.373. The number of carboxylic acid groups (broad SMARTS) is 1. The summed E-state index contributed by atoms with van der Waals surface area (Å²) in [5.41, 5.74) is 4.34. The van der Waals surface area contributed by atoms with Crippen LogP contribution in [0.2, 0.25) is 0 Å². The van der Waals surface area contributed by atoms with Gasteiger partial charge in [0.2, 0.25) is 0 Å². The van der Waals surface area contributed by atoms with Gasteiger partial charge in [0.25, 0.3) is 0 Å². The predicted octanol–water partition coefficient (Wildman–Crippen LogP) is 5.79. The van der Waals surface area contributed by atoms with E-state index in [1.54, 1.807) is 11.3 Å². The van der Waals surface area contributed by atoms with E-state index in [1.165, 1.54) is 0 Å². The first kappa shape index (κ1) is 19.8. The molecule has 6 rings (SSSR count). The molecule has 0 amide bonds. The summed E-state index contributed by atoms with van der Waals surface area (Å²) in [6.07, 6.45) is 1.96. The van der Waals surface area contributed by atoms with Crippen LogP contribution < -0.4 is 0 Å². The van der Waals surface area contributed by atoms with Crippen molar-refractivity contribution in [2.75, 3.05) is 13.6 Å². The maximum Gasteiger partial charge on any atom is 0.336 e. The molecule has 0 unspecified atom stereocenters. The molecule has 0 spiro atoms. The highest BCUT2D eigenvalue weighted by atomic mass is 32.1. The van der Waals surface area contributed by atoms with E-state index >= 15 is 0 Å². The van der Waals surface area contributed by atoms with Gasteiger partial charge in [0.1, 0.15) is 5.76 Å². The molecular weight excluding hydrogens is 434 g/mol. The number of rotatable bonds is 3. The number of benzene rings is 2. The lowest BCUT2D eigenvalue weighted by atomic mass is 9.93. The van der Waals surface area contributed by atoms with Crippen LogP contribution in [0.3, 0.4) is 0 Å². The largest absolute Gasteiger partial charge is 0.478 e. The van der Waals surface area contributed by atoms with E-state index in [2.05, 4.69) is 9.88 Å². The van der Waals surface area contributed by atoms with Gasteiger partial charge in [-0.3, -0.25) is 4.90 Å². The molecule has 0 radical (unpaired) electrons. The Morgan fingerprint density at radius 2 is 1.82 bits per heavy atom. The SMILES string of the molecule is CN1CC(=Cc2ccc(-c3nc4ccccc4s3)o2)c2nc3ccccc3c(C(=O)O)c2C1. The third-order valence-corrected chi connectivity index (χ3v) is 6.88. The van der Waals surface area contributed by atoms with Crippen LogP contribution in [0.25, 0.3) is 43.5 Å². The fourth-order valence-corrected chi connectivity index (χ4v) is 5.34. The van der Waals surface area contributed by atoms with Gasteiger partial charge in [-0.1, -0.05) is 30.3 Å².